The Kier molecular flexibility index (Phi) is 3.42. The number of rotatable bonds is 1. The molecule has 2 aliphatic heterocycles. The largest absolute Gasteiger partial charge is 0.347 e. The van der Waals surface area contributed by atoms with Crippen LogP contribution >= 0.6 is 0 Å². The third kappa shape index (κ3) is 2.31. The summed E-state index contributed by atoms with van der Waals surface area (Å²) in [6.45, 7) is 2.76. The average molecular weight is 296 g/mol. The van der Waals surface area contributed by atoms with E-state index in [-0.39, 0.29) is 5.69 Å². The summed E-state index contributed by atoms with van der Waals surface area (Å²) in [6, 6.07) is 8.45. The van der Waals surface area contributed by atoms with Crippen molar-refractivity contribution in [1.29, 1.82) is 0 Å². The third-order valence-corrected chi connectivity index (χ3v) is 4.57. The summed E-state index contributed by atoms with van der Waals surface area (Å²) in [7, 11) is 0. The van der Waals surface area contributed by atoms with E-state index in [9.17, 15) is 4.79 Å². The van der Waals surface area contributed by atoms with Gasteiger partial charge in [0.1, 0.15) is 5.82 Å². The first-order valence-electron chi connectivity index (χ1n) is 8.01. The highest BCUT2D eigenvalue weighted by atomic mass is 16.1. The molecule has 4 rings (SSSR count). The number of para-hydroxylation sites is 1. The molecule has 3 heterocycles. The van der Waals surface area contributed by atoms with Crippen LogP contribution in [0.1, 0.15) is 23.2 Å². The molecule has 0 fully saturated rings. The molecule has 0 unspecified atom stereocenters. The van der Waals surface area contributed by atoms with Crippen LogP contribution in [-0.2, 0) is 19.3 Å². The number of hydrogen-bond acceptors (Lipinski definition) is 4. The Hall–Kier alpha value is -2.14. The summed E-state index contributed by atoms with van der Waals surface area (Å²) >= 11 is 0. The molecular weight excluding hydrogens is 276 g/mol. The summed E-state index contributed by atoms with van der Waals surface area (Å²) in [6.07, 6.45) is 3.96. The Bertz CT molecular complexity index is 753. The number of benzene rings is 1. The lowest BCUT2D eigenvalue weighted by Gasteiger charge is -2.31. The lowest BCUT2D eigenvalue weighted by molar-refractivity contribution is 0.707. The zero-order chi connectivity index (χ0) is 14.9. The van der Waals surface area contributed by atoms with E-state index in [1.54, 1.807) is 0 Å². The molecule has 0 aliphatic carbocycles. The van der Waals surface area contributed by atoms with Crippen LogP contribution in [-0.4, -0.2) is 29.6 Å². The molecule has 5 heteroatoms. The Morgan fingerprint density at radius 2 is 1.95 bits per heavy atom. The predicted octanol–water partition coefficient (Wildman–Crippen LogP) is 1.54. The number of aromatic nitrogens is 2. The normalized spacial score (nSPS) is 17.5. The topological polar surface area (TPSA) is 61.0 Å². The lowest BCUT2D eigenvalue weighted by Crippen LogP contribution is -2.30. The van der Waals surface area contributed by atoms with Gasteiger partial charge in [-0.05, 0) is 37.4 Å². The van der Waals surface area contributed by atoms with Crippen molar-refractivity contribution in [1.82, 2.24) is 15.3 Å². The Labute approximate surface area is 129 Å². The van der Waals surface area contributed by atoms with Crippen LogP contribution in [0.3, 0.4) is 0 Å². The van der Waals surface area contributed by atoms with Gasteiger partial charge in [0.05, 0.1) is 0 Å². The average Bonchev–Trinajstić information content (AvgIpc) is 2.79. The highest BCUT2D eigenvalue weighted by Gasteiger charge is 2.24. The van der Waals surface area contributed by atoms with E-state index in [1.165, 1.54) is 16.8 Å². The quantitative estimate of drug-likeness (QED) is 0.838. The van der Waals surface area contributed by atoms with Gasteiger partial charge in [-0.2, -0.15) is 4.98 Å². The highest BCUT2D eigenvalue weighted by Crippen LogP contribution is 2.34. The molecule has 2 aromatic rings. The van der Waals surface area contributed by atoms with E-state index in [1.807, 2.05) is 0 Å². The number of aromatic amines is 1. The molecule has 0 spiro atoms. The molecule has 0 bridgehead atoms. The molecule has 0 amide bonds. The van der Waals surface area contributed by atoms with E-state index in [4.69, 9.17) is 0 Å². The Morgan fingerprint density at radius 1 is 1.09 bits per heavy atom. The van der Waals surface area contributed by atoms with Crippen LogP contribution in [0.15, 0.2) is 29.1 Å². The molecule has 0 radical (unpaired) electrons. The predicted molar refractivity (Wildman–Crippen MR) is 86.9 cm³/mol. The fraction of sp³-hybridized carbons (Fsp3) is 0.412. The zero-order valence-electron chi connectivity index (χ0n) is 12.6. The lowest BCUT2D eigenvalue weighted by atomic mass is 10.0. The van der Waals surface area contributed by atoms with Crippen LogP contribution in [0.25, 0.3) is 0 Å². The first-order chi connectivity index (χ1) is 10.8. The number of nitrogens with one attached hydrogen (secondary N) is 2. The molecule has 0 atom stereocenters. The van der Waals surface area contributed by atoms with E-state index in [0.29, 0.717) is 0 Å². The van der Waals surface area contributed by atoms with Gasteiger partial charge in [-0.25, -0.2) is 4.79 Å². The van der Waals surface area contributed by atoms with Crippen molar-refractivity contribution in [3.63, 3.8) is 0 Å². The molecule has 2 N–H and O–H groups in total. The van der Waals surface area contributed by atoms with Gasteiger partial charge in [-0.15, -0.1) is 0 Å². The van der Waals surface area contributed by atoms with Crippen LogP contribution in [0, 0.1) is 0 Å². The van der Waals surface area contributed by atoms with Crippen LogP contribution < -0.4 is 15.9 Å². The molecule has 1 aromatic carbocycles. The van der Waals surface area contributed by atoms with Crippen molar-refractivity contribution in [3.05, 3.63) is 51.6 Å². The second-order valence-electron chi connectivity index (χ2n) is 5.96. The zero-order valence-corrected chi connectivity index (χ0v) is 12.6. The highest BCUT2D eigenvalue weighted by molar-refractivity contribution is 5.68. The molecule has 0 saturated carbocycles. The van der Waals surface area contributed by atoms with Gasteiger partial charge in [-0.1, -0.05) is 18.2 Å². The SMILES string of the molecule is O=c1nc(N2CCCc3ccccc32)c2c([nH]1)CCNCC2. The molecule has 2 aliphatic rings. The van der Waals surface area contributed by atoms with E-state index in [0.717, 1.165) is 56.8 Å². The molecule has 1 aromatic heterocycles. The molecule has 0 saturated heterocycles. The smallest absolute Gasteiger partial charge is 0.326 e. The third-order valence-electron chi connectivity index (χ3n) is 4.57. The van der Waals surface area contributed by atoms with Crippen molar-refractivity contribution >= 4 is 11.5 Å². The first-order valence-corrected chi connectivity index (χ1v) is 8.01. The van der Waals surface area contributed by atoms with E-state index in [2.05, 4.69) is 44.5 Å². The van der Waals surface area contributed by atoms with Crippen LogP contribution in [0.4, 0.5) is 11.5 Å². The Morgan fingerprint density at radius 3 is 2.91 bits per heavy atom. The minimum atomic E-state index is -0.237. The van der Waals surface area contributed by atoms with Gasteiger partial charge in [0.2, 0.25) is 0 Å². The molecule has 114 valence electrons. The monoisotopic (exact) mass is 296 g/mol. The second-order valence-corrected chi connectivity index (χ2v) is 5.96. The summed E-state index contributed by atoms with van der Waals surface area (Å²) < 4.78 is 0. The molecule has 5 nitrogen and oxygen atoms in total. The number of hydrogen-bond donors (Lipinski definition) is 2. The van der Waals surface area contributed by atoms with Gasteiger partial charge in [0.15, 0.2) is 0 Å². The molecule has 22 heavy (non-hydrogen) atoms. The Balaban J connectivity index is 1.87. The van der Waals surface area contributed by atoms with Crippen molar-refractivity contribution in [2.24, 2.45) is 0 Å². The summed E-state index contributed by atoms with van der Waals surface area (Å²) in [5.41, 5.74) is 4.55. The van der Waals surface area contributed by atoms with Crippen LogP contribution in [0.5, 0.6) is 0 Å². The molecular formula is C17H20N4O. The standard InChI is InChI=1S/C17H20N4O/c22-17-19-14-8-10-18-9-7-13(14)16(20-17)21-11-3-5-12-4-1-2-6-15(12)21/h1-2,4,6,18H,3,5,7-11H2,(H,19,20,22). The summed E-state index contributed by atoms with van der Waals surface area (Å²) in [4.78, 5) is 21.5. The van der Waals surface area contributed by atoms with Crippen molar-refractivity contribution in [3.8, 4) is 0 Å². The summed E-state index contributed by atoms with van der Waals surface area (Å²) in [5.74, 6) is 0.856. The number of fused-ring (bicyclic) bond motifs is 2. The van der Waals surface area contributed by atoms with Gasteiger partial charge >= 0.3 is 5.69 Å². The minimum absolute atomic E-state index is 0.237. The fourth-order valence-corrected chi connectivity index (χ4v) is 3.54. The maximum atomic E-state index is 12.0. The van der Waals surface area contributed by atoms with E-state index >= 15 is 0 Å². The maximum absolute atomic E-state index is 12.0. The van der Waals surface area contributed by atoms with Gasteiger partial charge in [0, 0.05) is 36.5 Å². The fourth-order valence-electron chi connectivity index (χ4n) is 3.54. The van der Waals surface area contributed by atoms with Crippen molar-refractivity contribution in [2.75, 3.05) is 24.5 Å². The number of nitrogens with zero attached hydrogens (tertiary/aromatic N) is 2. The van der Waals surface area contributed by atoms with Crippen molar-refractivity contribution in [2.45, 2.75) is 25.7 Å². The van der Waals surface area contributed by atoms with Crippen LogP contribution in [0.2, 0.25) is 0 Å². The number of anilines is 2. The number of aryl methyl sites for hydroxylation is 1. The summed E-state index contributed by atoms with van der Waals surface area (Å²) in [5, 5.41) is 3.39. The van der Waals surface area contributed by atoms with Gasteiger partial charge in [-0.3, -0.25) is 0 Å². The first kappa shape index (κ1) is 13.5. The second kappa shape index (κ2) is 5.57. The van der Waals surface area contributed by atoms with Crippen molar-refractivity contribution < 1.29 is 0 Å². The minimum Gasteiger partial charge on any atom is -0.326 e. The van der Waals surface area contributed by atoms with Gasteiger partial charge in [0.25, 0.3) is 0 Å². The van der Waals surface area contributed by atoms with Gasteiger partial charge < -0.3 is 15.2 Å². The van der Waals surface area contributed by atoms with E-state index < -0.39 is 0 Å². The maximum Gasteiger partial charge on any atom is 0.347 e. The number of H-pyrrole nitrogens is 1.